The predicted molar refractivity (Wildman–Crippen MR) is 65.2 cm³/mol. The van der Waals surface area contributed by atoms with E-state index in [0.717, 1.165) is 24.4 Å². The summed E-state index contributed by atoms with van der Waals surface area (Å²) in [5.74, 6) is 0.813. The molecule has 1 N–H and O–H groups in total. The van der Waals surface area contributed by atoms with Gasteiger partial charge in [0, 0.05) is 0 Å². The molecule has 1 unspecified atom stereocenters. The summed E-state index contributed by atoms with van der Waals surface area (Å²) >= 11 is 0. The summed E-state index contributed by atoms with van der Waals surface area (Å²) in [6.45, 7) is 1.04. The highest BCUT2D eigenvalue weighted by molar-refractivity contribution is 5.32. The van der Waals surface area contributed by atoms with E-state index in [1.54, 1.807) is 6.20 Å². The second-order valence-corrected chi connectivity index (χ2v) is 4.16. The quantitative estimate of drug-likeness (QED) is 0.874. The highest BCUT2D eigenvalue weighted by Crippen LogP contribution is 2.17. The van der Waals surface area contributed by atoms with E-state index in [9.17, 15) is 0 Å². The molecule has 0 aliphatic carbocycles. The average molecular weight is 229 g/mol. The maximum absolute atomic E-state index is 5.78. The Morgan fingerprint density at radius 2 is 2.18 bits per heavy atom. The molecule has 88 valence electrons. The first kappa shape index (κ1) is 10.4. The largest absolute Gasteiger partial charge is 0.472 e. The van der Waals surface area contributed by atoms with E-state index < -0.39 is 0 Å². The van der Waals surface area contributed by atoms with Crippen LogP contribution in [0.5, 0.6) is 5.75 Å². The molecule has 1 aliphatic heterocycles. The molecule has 1 aromatic carbocycles. The average Bonchev–Trinajstić information content (AvgIpc) is 3.02. The van der Waals surface area contributed by atoms with E-state index in [1.807, 2.05) is 41.2 Å². The fourth-order valence-corrected chi connectivity index (χ4v) is 2.01. The second kappa shape index (κ2) is 4.59. The summed E-state index contributed by atoms with van der Waals surface area (Å²) < 4.78 is 7.61. The number of para-hydroxylation sites is 1. The van der Waals surface area contributed by atoms with Crippen LogP contribution in [0.3, 0.4) is 0 Å². The van der Waals surface area contributed by atoms with Crippen molar-refractivity contribution in [1.82, 2.24) is 15.1 Å². The number of ether oxygens (including phenoxy) is 1. The summed E-state index contributed by atoms with van der Waals surface area (Å²) in [6, 6.07) is 10.0. The van der Waals surface area contributed by atoms with Gasteiger partial charge in [-0.3, -0.25) is 5.32 Å². The van der Waals surface area contributed by atoms with Gasteiger partial charge in [0.25, 0.3) is 0 Å². The molecular formula is C13H15N3O. The maximum Gasteiger partial charge on any atom is 0.160 e. The fourth-order valence-electron chi connectivity index (χ4n) is 2.01. The van der Waals surface area contributed by atoms with Gasteiger partial charge in [0.15, 0.2) is 5.75 Å². The van der Waals surface area contributed by atoms with Crippen LogP contribution in [0.1, 0.15) is 12.8 Å². The van der Waals surface area contributed by atoms with E-state index in [1.165, 1.54) is 6.42 Å². The number of nitrogens with zero attached hydrogens (tertiary/aromatic N) is 2. The van der Waals surface area contributed by atoms with Crippen LogP contribution in [0.15, 0.2) is 42.7 Å². The highest BCUT2D eigenvalue weighted by Gasteiger charge is 2.16. The van der Waals surface area contributed by atoms with Crippen molar-refractivity contribution in [3.05, 3.63) is 42.7 Å². The third-order valence-corrected chi connectivity index (χ3v) is 2.87. The van der Waals surface area contributed by atoms with Crippen LogP contribution >= 0.6 is 0 Å². The number of rotatable bonds is 3. The molecular weight excluding hydrogens is 214 g/mol. The Hall–Kier alpha value is -1.81. The zero-order chi connectivity index (χ0) is 11.5. The van der Waals surface area contributed by atoms with Crippen LogP contribution in [-0.4, -0.2) is 22.6 Å². The summed E-state index contributed by atoms with van der Waals surface area (Å²) in [5, 5.41) is 7.59. The number of benzene rings is 1. The molecule has 0 spiro atoms. The highest BCUT2D eigenvalue weighted by atomic mass is 16.5. The van der Waals surface area contributed by atoms with Crippen LogP contribution in [0.25, 0.3) is 5.69 Å². The smallest absolute Gasteiger partial charge is 0.160 e. The van der Waals surface area contributed by atoms with Crippen LogP contribution in [-0.2, 0) is 0 Å². The molecule has 4 nitrogen and oxygen atoms in total. The fraction of sp³-hybridized carbons (Fsp3) is 0.308. The van der Waals surface area contributed by atoms with Crippen molar-refractivity contribution < 1.29 is 4.74 Å². The number of hydrogen-bond donors (Lipinski definition) is 1. The van der Waals surface area contributed by atoms with Crippen molar-refractivity contribution in [1.29, 1.82) is 0 Å². The predicted octanol–water partition coefficient (Wildman–Crippen LogP) is 1.96. The van der Waals surface area contributed by atoms with Crippen molar-refractivity contribution in [3.8, 4) is 11.4 Å². The van der Waals surface area contributed by atoms with Gasteiger partial charge < -0.3 is 4.74 Å². The van der Waals surface area contributed by atoms with Crippen molar-refractivity contribution in [2.75, 3.05) is 6.54 Å². The van der Waals surface area contributed by atoms with E-state index in [2.05, 4.69) is 10.4 Å². The van der Waals surface area contributed by atoms with Crippen LogP contribution in [0, 0.1) is 0 Å². The minimum atomic E-state index is 0.142. The minimum Gasteiger partial charge on any atom is -0.472 e. The second-order valence-electron chi connectivity index (χ2n) is 4.16. The molecule has 4 heteroatoms. The zero-order valence-electron chi connectivity index (χ0n) is 9.54. The summed E-state index contributed by atoms with van der Waals surface area (Å²) in [6.07, 6.45) is 6.06. The van der Waals surface area contributed by atoms with Gasteiger partial charge in [0.2, 0.25) is 0 Å². The first-order valence-electron chi connectivity index (χ1n) is 5.92. The lowest BCUT2D eigenvalue weighted by atomic mass is 10.3. The monoisotopic (exact) mass is 229 g/mol. The third kappa shape index (κ3) is 2.31. The standard InChI is InChI=1S/C13H15N3O/c1-2-5-11(6-3-1)16-10-12(9-15-16)17-13-7-4-8-14-13/h1-3,5-6,9-10,13-14H,4,7-8H2. The Morgan fingerprint density at radius 1 is 1.29 bits per heavy atom. The molecule has 1 aliphatic rings. The Kier molecular flexibility index (Phi) is 2.80. The normalized spacial score (nSPS) is 19.4. The third-order valence-electron chi connectivity index (χ3n) is 2.87. The molecule has 1 saturated heterocycles. The zero-order valence-corrected chi connectivity index (χ0v) is 9.54. The SMILES string of the molecule is c1ccc(-n2cc(OC3CCCN3)cn2)cc1. The van der Waals surface area contributed by atoms with Gasteiger partial charge in [-0.25, -0.2) is 4.68 Å². The molecule has 3 rings (SSSR count). The molecule has 2 aromatic rings. The molecule has 1 fully saturated rings. The molecule has 1 aromatic heterocycles. The van der Waals surface area contributed by atoms with Crippen molar-refractivity contribution in [3.63, 3.8) is 0 Å². The number of nitrogens with one attached hydrogen (secondary N) is 1. The lowest BCUT2D eigenvalue weighted by Gasteiger charge is -2.10. The van der Waals surface area contributed by atoms with E-state index in [0.29, 0.717) is 0 Å². The van der Waals surface area contributed by atoms with Gasteiger partial charge in [-0.2, -0.15) is 5.10 Å². The molecule has 0 amide bonds. The molecule has 1 atom stereocenters. The van der Waals surface area contributed by atoms with E-state index >= 15 is 0 Å². The van der Waals surface area contributed by atoms with Crippen molar-refractivity contribution >= 4 is 0 Å². The van der Waals surface area contributed by atoms with Crippen molar-refractivity contribution in [2.24, 2.45) is 0 Å². The van der Waals surface area contributed by atoms with Crippen LogP contribution in [0.2, 0.25) is 0 Å². The Balaban J connectivity index is 1.74. The molecule has 0 saturated carbocycles. The Bertz CT molecular complexity index is 474. The van der Waals surface area contributed by atoms with Gasteiger partial charge >= 0.3 is 0 Å². The van der Waals surface area contributed by atoms with Crippen molar-refractivity contribution in [2.45, 2.75) is 19.1 Å². The van der Waals surface area contributed by atoms with E-state index in [-0.39, 0.29) is 6.23 Å². The minimum absolute atomic E-state index is 0.142. The van der Waals surface area contributed by atoms with E-state index in [4.69, 9.17) is 4.74 Å². The molecule has 2 heterocycles. The number of hydrogen-bond acceptors (Lipinski definition) is 3. The summed E-state index contributed by atoms with van der Waals surface area (Å²) in [5.41, 5.74) is 1.04. The summed E-state index contributed by atoms with van der Waals surface area (Å²) in [7, 11) is 0. The van der Waals surface area contributed by atoms with Gasteiger partial charge in [0.05, 0.1) is 18.1 Å². The molecule has 17 heavy (non-hydrogen) atoms. The van der Waals surface area contributed by atoms with Gasteiger partial charge in [-0.05, 0) is 31.5 Å². The lowest BCUT2D eigenvalue weighted by Crippen LogP contribution is -2.27. The van der Waals surface area contributed by atoms with Gasteiger partial charge in [-0.15, -0.1) is 0 Å². The van der Waals surface area contributed by atoms with Gasteiger partial charge in [-0.1, -0.05) is 18.2 Å². The topological polar surface area (TPSA) is 39.1 Å². The number of aromatic nitrogens is 2. The first-order valence-corrected chi connectivity index (χ1v) is 5.92. The molecule has 0 bridgehead atoms. The maximum atomic E-state index is 5.78. The Morgan fingerprint density at radius 3 is 2.94 bits per heavy atom. The van der Waals surface area contributed by atoms with Crippen LogP contribution < -0.4 is 10.1 Å². The van der Waals surface area contributed by atoms with Crippen LogP contribution in [0.4, 0.5) is 0 Å². The van der Waals surface area contributed by atoms with Gasteiger partial charge in [0.1, 0.15) is 6.23 Å². The molecule has 0 radical (unpaired) electrons. The first-order chi connectivity index (χ1) is 8.42. The summed E-state index contributed by atoms with van der Waals surface area (Å²) in [4.78, 5) is 0. The Labute approximate surface area is 100 Å². The lowest BCUT2D eigenvalue weighted by molar-refractivity contribution is 0.187.